The van der Waals surface area contributed by atoms with Crippen molar-refractivity contribution in [1.82, 2.24) is 5.32 Å². The van der Waals surface area contributed by atoms with E-state index < -0.39 is 5.97 Å². The van der Waals surface area contributed by atoms with E-state index in [-0.39, 0.29) is 16.9 Å². The Hall–Kier alpha value is -1.88. The maximum atomic E-state index is 12.9. The number of nitrogens with zero attached hydrogens (tertiary/aromatic N) is 1. The number of rotatable bonds is 4. The van der Waals surface area contributed by atoms with Gasteiger partial charge in [0.25, 0.3) is 0 Å². The summed E-state index contributed by atoms with van der Waals surface area (Å²) < 4.78 is 0. The number of piperidine rings is 1. The highest BCUT2D eigenvalue weighted by molar-refractivity contribution is 5.97. The average Bonchev–Trinajstić information content (AvgIpc) is 2.54. The van der Waals surface area contributed by atoms with E-state index in [0.29, 0.717) is 0 Å². The third-order valence-electron chi connectivity index (χ3n) is 4.50. The lowest BCUT2D eigenvalue weighted by Crippen LogP contribution is -2.48. The minimum Gasteiger partial charge on any atom is -0.478 e. The van der Waals surface area contributed by atoms with Crippen LogP contribution in [0.3, 0.4) is 0 Å². The molecule has 1 heterocycles. The Labute approximate surface area is 125 Å². The van der Waals surface area contributed by atoms with Crippen LogP contribution < -0.4 is 10.2 Å². The first-order chi connectivity index (χ1) is 10.00. The molecule has 1 aliphatic heterocycles. The number of carboxylic acid groups (broad SMARTS) is 1. The molecule has 0 aromatic heterocycles. The molecule has 0 bridgehead atoms. The number of carbonyl (C=O) groups excluding carboxylic acids is 1. The Balaban J connectivity index is 2.19. The van der Waals surface area contributed by atoms with Crippen molar-refractivity contribution < 1.29 is 14.7 Å². The molecule has 114 valence electrons. The lowest BCUT2D eigenvalue weighted by molar-refractivity contribution is -0.129. The van der Waals surface area contributed by atoms with E-state index in [1.54, 1.807) is 24.1 Å². The SMILES string of the molecule is CCC1(C(=O)N(C)c2ccc(C(=O)O)cc2)CCNCC1. The first-order valence-electron chi connectivity index (χ1n) is 7.32. The van der Waals surface area contributed by atoms with Gasteiger partial charge in [0.1, 0.15) is 0 Å². The van der Waals surface area contributed by atoms with Crippen molar-refractivity contribution in [2.24, 2.45) is 5.41 Å². The zero-order chi connectivity index (χ0) is 15.5. The lowest BCUT2D eigenvalue weighted by atomic mass is 9.75. The maximum absolute atomic E-state index is 12.9. The minimum absolute atomic E-state index is 0.120. The highest BCUT2D eigenvalue weighted by atomic mass is 16.4. The molecule has 0 saturated carbocycles. The summed E-state index contributed by atoms with van der Waals surface area (Å²) in [5.74, 6) is -0.839. The molecule has 1 aliphatic rings. The molecule has 21 heavy (non-hydrogen) atoms. The summed E-state index contributed by atoms with van der Waals surface area (Å²) in [6, 6.07) is 6.43. The van der Waals surface area contributed by atoms with E-state index in [4.69, 9.17) is 5.11 Å². The highest BCUT2D eigenvalue weighted by Gasteiger charge is 2.39. The Kier molecular flexibility index (Phi) is 4.63. The van der Waals surface area contributed by atoms with Crippen molar-refractivity contribution in [1.29, 1.82) is 0 Å². The normalized spacial score (nSPS) is 17.2. The van der Waals surface area contributed by atoms with E-state index in [9.17, 15) is 9.59 Å². The van der Waals surface area contributed by atoms with Crippen molar-refractivity contribution in [3.63, 3.8) is 0 Å². The maximum Gasteiger partial charge on any atom is 0.335 e. The fourth-order valence-corrected chi connectivity index (χ4v) is 2.92. The predicted molar refractivity (Wildman–Crippen MR) is 81.6 cm³/mol. The van der Waals surface area contributed by atoms with Crippen molar-refractivity contribution in [2.45, 2.75) is 26.2 Å². The van der Waals surface area contributed by atoms with Crippen LogP contribution >= 0.6 is 0 Å². The van der Waals surface area contributed by atoms with Gasteiger partial charge in [-0.25, -0.2) is 4.79 Å². The molecule has 1 amide bonds. The number of benzene rings is 1. The number of carboxylic acids is 1. The molecule has 0 aliphatic carbocycles. The quantitative estimate of drug-likeness (QED) is 0.891. The van der Waals surface area contributed by atoms with E-state index >= 15 is 0 Å². The van der Waals surface area contributed by atoms with Crippen LogP contribution in [0.1, 0.15) is 36.5 Å². The van der Waals surface area contributed by atoms with Gasteiger partial charge in [0.15, 0.2) is 0 Å². The van der Waals surface area contributed by atoms with Gasteiger partial charge in [-0.3, -0.25) is 4.79 Å². The number of anilines is 1. The molecule has 0 atom stereocenters. The number of nitrogens with one attached hydrogen (secondary N) is 1. The van der Waals surface area contributed by atoms with Gasteiger partial charge in [-0.2, -0.15) is 0 Å². The summed E-state index contributed by atoms with van der Waals surface area (Å²) in [6.07, 6.45) is 2.52. The van der Waals surface area contributed by atoms with Gasteiger partial charge in [-0.1, -0.05) is 6.92 Å². The van der Waals surface area contributed by atoms with Crippen LogP contribution in [0.2, 0.25) is 0 Å². The van der Waals surface area contributed by atoms with Gasteiger partial charge < -0.3 is 15.3 Å². The van der Waals surface area contributed by atoms with Crippen LogP contribution in [-0.4, -0.2) is 37.1 Å². The second-order valence-corrected chi connectivity index (χ2v) is 5.60. The van der Waals surface area contributed by atoms with Crippen LogP contribution in [0, 0.1) is 5.41 Å². The summed E-state index contributed by atoms with van der Waals surface area (Å²) >= 11 is 0. The standard InChI is InChI=1S/C16H22N2O3/c1-3-16(8-10-17-11-9-16)15(21)18(2)13-6-4-12(5-7-13)14(19)20/h4-7,17H,3,8-11H2,1-2H3,(H,19,20). The second kappa shape index (κ2) is 6.26. The fraction of sp³-hybridized carbons (Fsp3) is 0.500. The van der Waals surface area contributed by atoms with Crippen molar-refractivity contribution >= 4 is 17.6 Å². The van der Waals surface area contributed by atoms with Gasteiger partial charge in [-0.05, 0) is 56.6 Å². The van der Waals surface area contributed by atoms with Crippen molar-refractivity contribution in [3.05, 3.63) is 29.8 Å². The summed E-state index contributed by atoms with van der Waals surface area (Å²) in [6.45, 7) is 3.79. The van der Waals surface area contributed by atoms with Crippen LogP contribution in [0.4, 0.5) is 5.69 Å². The van der Waals surface area contributed by atoms with Crippen LogP contribution in [-0.2, 0) is 4.79 Å². The van der Waals surface area contributed by atoms with Crippen LogP contribution in [0.15, 0.2) is 24.3 Å². The minimum atomic E-state index is -0.959. The Morgan fingerprint density at radius 3 is 2.29 bits per heavy atom. The molecule has 2 rings (SSSR count). The van der Waals surface area contributed by atoms with E-state index in [1.165, 1.54) is 12.1 Å². The smallest absolute Gasteiger partial charge is 0.335 e. The van der Waals surface area contributed by atoms with E-state index in [0.717, 1.165) is 38.0 Å². The molecule has 1 fully saturated rings. The van der Waals surface area contributed by atoms with Gasteiger partial charge in [0, 0.05) is 12.7 Å². The Morgan fingerprint density at radius 2 is 1.81 bits per heavy atom. The van der Waals surface area contributed by atoms with E-state index in [2.05, 4.69) is 12.2 Å². The average molecular weight is 290 g/mol. The highest BCUT2D eigenvalue weighted by Crippen LogP contribution is 2.35. The van der Waals surface area contributed by atoms with Gasteiger partial charge >= 0.3 is 5.97 Å². The number of hydrogen-bond acceptors (Lipinski definition) is 3. The topological polar surface area (TPSA) is 69.6 Å². The molecule has 2 N–H and O–H groups in total. The number of amides is 1. The molecule has 1 aromatic carbocycles. The lowest BCUT2D eigenvalue weighted by Gasteiger charge is -2.38. The molecule has 5 heteroatoms. The first-order valence-corrected chi connectivity index (χ1v) is 7.32. The summed E-state index contributed by atoms with van der Waals surface area (Å²) in [5.41, 5.74) is 0.661. The predicted octanol–water partition coefficient (Wildman–Crippen LogP) is 2.13. The van der Waals surface area contributed by atoms with E-state index in [1.807, 2.05) is 0 Å². The molecule has 5 nitrogen and oxygen atoms in total. The van der Waals surface area contributed by atoms with Gasteiger partial charge in [0.05, 0.1) is 11.0 Å². The van der Waals surface area contributed by atoms with Gasteiger partial charge in [-0.15, -0.1) is 0 Å². The Bertz CT molecular complexity index is 519. The van der Waals surface area contributed by atoms with Crippen LogP contribution in [0.25, 0.3) is 0 Å². The number of hydrogen-bond donors (Lipinski definition) is 2. The summed E-state index contributed by atoms with van der Waals surface area (Å²) in [4.78, 5) is 25.4. The number of aromatic carboxylic acids is 1. The third kappa shape index (κ3) is 3.08. The fourth-order valence-electron chi connectivity index (χ4n) is 2.92. The second-order valence-electron chi connectivity index (χ2n) is 5.60. The molecular formula is C16H22N2O3. The largest absolute Gasteiger partial charge is 0.478 e. The first kappa shape index (κ1) is 15.5. The zero-order valence-electron chi connectivity index (χ0n) is 12.6. The molecular weight excluding hydrogens is 268 g/mol. The molecule has 0 spiro atoms. The molecule has 0 unspecified atom stereocenters. The molecule has 1 saturated heterocycles. The molecule has 0 radical (unpaired) electrons. The Morgan fingerprint density at radius 1 is 1.24 bits per heavy atom. The monoisotopic (exact) mass is 290 g/mol. The summed E-state index contributed by atoms with van der Waals surface area (Å²) in [7, 11) is 1.76. The van der Waals surface area contributed by atoms with Crippen molar-refractivity contribution in [2.75, 3.05) is 25.0 Å². The zero-order valence-corrected chi connectivity index (χ0v) is 12.6. The van der Waals surface area contributed by atoms with Crippen LogP contribution in [0.5, 0.6) is 0 Å². The van der Waals surface area contributed by atoms with Gasteiger partial charge in [0.2, 0.25) is 5.91 Å². The van der Waals surface area contributed by atoms with Crippen molar-refractivity contribution in [3.8, 4) is 0 Å². The molecule has 1 aromatic rings. The summed E-state index contributed by atoms with van der Waals surface area (Å²) in [5, 5.41) is 12.2. The third-order valence-corrected chi connectivity index (χ3v) is 4.50. The number of carbonyl (C=O) groups is 2.